The van der Waals surface area contributed by atoms with Gasteiger partial charge in [-0.05, 0) is 36.4 Å². The van der Waals surface area contributed by atoms with E-state index in [2.05, 4.69) is 4.98 Å². The first-order valence-corrected chi connectivity index (χ1v) is 11.1. The van der Waals surface area contributed by atoms with Crippen LogP contribution in [-0.2, 0) is 0 Å². The van der Waals surface area contributed by atoms with Gasteiger partial charge in [-0.2, -0.15) is 5.10 Å². The van der Waals surface area contributed by atoms with Gasteiger partial charge in [0.25, 0.3) is 5.69 Å². The van der Waals surface area contributed by atoms with E-state index >= 15 is 0 Å². The van der Waals surface area contributed by atoms with Crippen molar-refractivity contribution in [1.29, 1.82) is 0 Å². The second-order valence-corrected chi connectivity index (χ2v) is 8.18. The molecule has 2 aromatic heterocycles. The molecule has 0 atom stereocenters. The summed E-state index contributed by atoms with van der Waals surface area (Å²) in [6, 6.07) is 26.5. The summed E-state index contributed by atoms with van der Waals surface area (Å²) in [6.07, 6.45) is 6.00. The fraction of sp³-hybridized carbons (Fsp3) is 0. The summed E-state index contributed by atoms with van der Waals surface area (Å²) in [6.45, 7) is 0. The smallest absolute Gasteiger partial charge is 0.258 e. The van der Waals surface area contributed by atoms with Crippen LogP contribution in [0.5, 0.6) is 0 Å². The molecule has 0 amide bonds. The minimum atomic E-state index is -0.404. The van der Waals surface area contributed by atoms with E-state index in [1.807, 2.05) is 89.1 Å². The van der Waals surface area contributed by atoms with E-state index in [1.165, 1.54) is 23.5 Å². The third-order valence-electron chi connectivity index (χ3n) is 5.11. The molecule has 3 aromatic carbocycles. The molecule has 0 fully saturated rings. The highest BCUT2D eigenvalue weighted by Crippen LogP contribution is 2.28. The molecule has 0 spiro atoms. The number of nitro benzene ring substituents is 1. The Balaban J connectivity index is 1.46. The van der Waals surface area contributed by atoms with Gasteiger partial charge >= 0.3 is 0 Å². The Morgan fingerprint density at radius 2 is 1.55 bits per heavy atom. The normalized spacial score (nSPS) is 11.2. The first-order valence-electron chi connectivity index (χ1n) is 10.3. The zero-order valence-electron chi connectivity index (χ0n) is 17.4. The summed E-state index contributed by atoms with van der Waals surface area (Å²) in [7, 11) is 0. The number of nitro groups is 1. The molecule has 0 unspecified atom stereocenters. The lowest BCUT2D eigenvalue weighted by molar-refractivity contribution is -0.384. The van der Waals surface area contributed by atoms with Crippen LogP contribution in [0, 0.1) is 10.1 Å². The van der Waals surface area contributed by atoms with Crippen molar-refractivity contribution in [3.8, 4) is 28.2 Å². The van der Waals surface area contributed by atoms with E-state index in [4.69, 9.17) is 5.10 Å². The van der Waals surface area contributed by atoms with Crippen LogP contribution in [0.4, 0.5) is 5.69 Å². The van der Waals surface area contributed by atoms with Gasteiger partial charge in [0.1, 0.15) is 5.01 Å². The molecule has 0 N–H and O–H groups in total. The number of thiazole rings is 1. The van der Waals surface area contributed by atoms with Crippen molar-refractivity contribution < 1.29 is 4.92 Å². The van der Waals surface area contributed by atoms with Gasteiger partial charge in [-0.3, -0.25) is 10.1 Å². The van der Waals surface area contributed by atoms with E-state index in [0.29, 0.717) is 0 Å². The van der Waals surface area contributed by atoms with Crippen LogP contribution in [0.15, 0.2) is 96.5 Å². The molecule has 7 heteroatoms. The summed E-state index contributed by atoms with van der Waals surface area (Å²) in [5.74, 6) is 0. The number of non-ortho nitro benzene ring substituents is 1. The summed E-state index contributed by atoms with van der Waals surface area (Å²) in [5.41, 5.74) is 5.61. The SMILES string of the molecule is O=[N+]([O-])c1ccc(-c2csc(/C=C/c3cn(-c4ccccc4)nc3-c3ccccc3)n2)cc1. The standard InChI is InChI=1S/C26H18N4O2S/c31-30(32)23-14-11-19(12-15-23)24-18-33-25(27-24)16-13-21-17-29(22-9-5-2-6-10-22)28-26(21)20-7-3-1-4-8-20/h1-18H/b16-13+. The lowest BCUT2D eigenvalue weighted by atomic mass is 10.1. The molecular weight excluding hydrogens is 432 g/mol. The Morgan fingerprint density at radius 3 is 2.24 bits per heavy atom. The largest absolute Gasteiger partial charge is 0.269 e. The van der Waals surface area contributed by atoms with Crippen molar-refractivity contribution in [3.05, 3.63) is 117 Å². The average molecular weight is 451 g/mol. The molecule has 5 aromatic rings. The van der Waals surface area contributed by atoms with Gasteiger partial charge in [0.15, 0.2) is 0 Å². The fourth-order valence-corrected chi connectivity index (χ4v) is 4.17. The predicted octanol–water partition coefficient (Wildman–Crippen LogP) is 6.74. The van der Waals surface area contributed by atoms with Crippen molar-refractivity contribution in [3.63, 3.8) is 0 Å². The van der Waals surface area contributed by atoms with Crippen LogP contribution in [0.25, 0.3) is 40.4 Å². The molecule has 160 valence electrons. The summed E-state index contributed by atoms with van der Waals surface area (Å²) in [4.78, 5) is 15.1. The molecule has 2 heterocycles. The molecule has 0 aliphatic rings. The van der Waals surface area contributed by atoms with Crippen molar-refractivity contribution in [2.75, 3.05) is 0 Å². The number of para-hydroxylation sites is 1. The molecular formula is C26H18N4O2S. The number of rotatable bonds is 6. The second-order valence-electron chi connectivity index (χ2n) is 7.29. The fourth-order valence-electron chi connectivity index (χ4n) is 3.45. The van der Waals surface area contributed by atoms with Gasteiger partial charge in [-0.15, -0.1) is 11.3 Å². The van der Waals surface area contributed by atoms with Crippen LogP contribution in [0.1, 0.15) is 10.6 Å². The van der Waals surface area contributed by atoms with Crippen molar-refractivity contribution in [2.45, 2.75) is 0 Å². The van der Waals surface area contributed by atoms with E-state index in [0.717, 1.165) is 38.8 Å². The first-order chi connectivity index (χ1) is 16.2. The Morgan fingerprint density at radius 1 is 0.848 bits per heavy atom. The minimum Gasteiger partial charge on any atom is -0.258 e. The highest BCUT2D eigenvalue weighted by molar-refractivity contribution is 7.10. The molecule has 33 heavy (non-hydrogen) atoms. The van der Waals surface area contributed by atoms with Gasteiger partial charge in [-0.25, -0.2) is 9.67 Å². The number of nitrogens with zero attached hydrogens (tertiary/aromatic N) is 4. The zero-order valence-corrected chi connectivity index (χ0v) is 18.2. The maximum atomic E-state index is 10.9. The van der Waals surface area contributed by atoms with Crippen LogP contribution in [0.2, 0.25) is 0 Å². The molecule has 0 aliphatic carbocycles. The molecule has 0 saturated carbocycles. The number of aromatic nitrogens is 3. The average Bonchev–Trinajstić information content (AvgIpc) is 3.51. The Labute approximate surface area is 194 Å². The van der Waals surface area contributed by atoms with Crippen LogP contribution < -0.4 is 0 Å². The van der Waals surface area contributed by atoms with Crippen LogP contribution in [-0.4, -0.2) is 19.7 Å². The Hall–Kier alpha value is -4.36. The number of hydrogen-bond donors (Lipinski definition) is 0. The predicted molar refractivity (Wildman–Crippen MR) is 132 cm³/mol. The van der Waals surface area contributed by atoms with E-state index < -0.39 is 4.92 Å². The quantitative estimate of drug-likeness (QED) is 0.212. The summed E-state index contributed by atoms with van der Waals surface area (Å²) < 4.78 is 1.88. The first kappa shape index (κ1) is 20.5. The van der Waals surface area contributed by atoms with E-state index in [-0.39, 0.29) is 5.69 Å². The molecule has 0 saturated heterocycles. The van der Waals surface area contributed by atoms with Crippen LogP contribution in [0.3, 0.4) is 0 Å². The molecule has 6 nitrogen and oxygen atoms in total. The van der Waals surface area contributed by atoms with Crippen molar-refractivity contribution >= 4 is 29.2 Å². The number of benzene rings is 3. The van der Waals surface area contributed by atoms with Gasteiger partial charge < -0.3 is 0 Å². The highest BCUT2D eigenvalue weighted by atomic mass is 32.1. The van der Waals surface area contributed by atoms with Gasteiger partial charge in [0, 0.05) is 40.4 Å². The third kappa shape index (κ3) is 4.49. The summed E-state index contributed by atoms with van der Waals surface area (Å²) >= 11 is 1.52. The lowest BCUT2D eigenvalue weighted by Gasteiger charge is -2.00. The molecule has 0 bridgehead atoms. The van der Waals surface area contributed by atoms with Crippen molar-refractivity contribution in [1.82, 2.24) is 14.8 Å². The topological polar surface area (TPSA) is 73.8 Å². The third-order valence-corrected chi connectivity index (χ3v) is 5.92. The minimum absolute atomic E-state index is 0.0676. The number of hydrogen-bond acceptors (Lipinski definition) is 5. The Bertz CT molecular complexity index is 1420. The van der Waals surface area contributed by atoms with Gasteiger partial charge in [-0.1, -0.05) is 48.5 Å². The zero-order chi connectivity index (χ0) is 22.6. The van der Waals surface area contributed by atoms with Gasteiger partial charge in [0.2, 0.25) is 0 Å². The van der Waals surface area contributed by atoms with E-state index in [1.54, 1.807) is 12.1 Å². The maximum Gasteiger partial charge on any atom is 0.269 e. The van der Waals surface area contributed by atoms with E-state index in [9.17, 15) is 10.1 Å². The molecule has 0 radical (unpaired) electrons. The Kier molecular flexibility index (Phi) is 5.61. The van der Waals surface area contributed by atoms with Crippen molar-refractivity contribution in [2.24, 2.45) is 0 Å². The molecule has 0 aliphatic heterocycles. The maximum absolute atomic E-state index is 10.9. The highest BCUT2D eigenvalue weighted by Gasteiger charge is 2.11. The lowest BCUT2D eigenvalue weighted by Crippen LogP contribution is -1.93. The van der Waals surface area contributed by atoms with Gasteiger partial charge in [0.05, 0.1) is 22.0 Å². The second kappa shape index (κ2) is 9.02. The monoisotopic (exact) mass is 450 g/mol. The molecule has 5 rings (SSSR count). The van der Waals surface area contributed by atoms with Crippen LogP contribution >= 0.6 is 11.3 Å². The summed E-state index contributed by atoms with van der Waals surface area (Å²) in [5, 5.41) is 18.5.